The van der Waals surface area contributed by atoms with Crippen LogP contribution in [0.15, 0.2) is 33.9 Å². The first-order chi connectivity index (χ1) is 4.86. The lowest BCUT2D eigenvalue weighted by Gasteiger charge is -2.06. The smallest absolute Gasteiger partial charge is 0.158 e. The van der Waals surface area contributed by atoms with Crippen LogP contribution in [0.5, 0.6) is 0 Å². The second-order valence-electron chi connectivity index (χ2n) is 2.53. The predicted molar refractivity (Wildman–Crippen MR) is 42.3 cm³/mol. The van der Waals surface area contributed by atoms with Crippen molar-refractivity contribution in [1.29, 1.82) is 0 Å². The maximum absolute atomic E-state index is 4.17. The number of aliphatic imine (C=N–C) groups is 2. The molecule has 0 bridgehead atoms. The highest BCUT2D eigenvalue weighted by Crippen LogP contribution is 2.16. The van der Waals surface area contributed by atoms with Crippen LogP contribution >= 0.6 is 0 Å². The van der Waals surface area contributed by atoms with Crippen molar-refractivity contribution in [1.82, 2.24) is 0 Å². The lowest BCUT2D eigenvalue weighted by Crippen LogP contribution is -2.05. The highest BCUT2D eigenvalue weighted by atomic mass is 14.9. The van der Waals surface area contributed by atoms with E-state index in [1.165, 1.54) is 0 Å². The number of hydrogen-bond donors (Lipinski definition) is 0. The molecule has 10 heavy (non-hydrogen) atoms. The zero-order valence-electron chi connectivity index (χ0n) is 5.78. The summed E-state index contributed by atoms with van der Waals surface area (Å²) < 4.78 is 0. The van der Waals surface area contributed by atoms with Crippen LogP contribution in [0.4, 0.5) is 0 Å². The second kappa shape index (κ2) is 1.90. The van der Waals surface area contributed by atoms with Gasteiger partial charge in [0.15, 0.2) is 5.84 Å². The number of amidine groups is 1. The third-order valence-corrected chi connectivity index (χ3v) is 1.58. The molecule has 2 rings (SSSR count). The number of nitrogens with zero attached hydrogens (tertiary/aromatic N) is 2. The summed E-state index contributed by atoms with van der Waals surface area (Å²) in [5, 5.41) is 0. The number of rotatable bonds is 0. The van der Waals surface area contributed by atoms with Crippen molar-refractivity contribution in [2.45, 2.75) is 6.92 Å². The van der Waals surface area contributed by atoms with E-state index in [0.717, 1.165) is 11.4 Å². The average molecular weight is 132 g/mol. The predicted octanol–water partition coefficient (Wildman–Crippen LogP) is 1.56. The van der Waals surface area contributed by atoms with Crippen LogP contribution in [0.3, 0.4) is 0 Å². The minimum absolute atomic E-state index is 0.455. The molecule has 0 N–H and O–H groups in total. The monoisotopic (exact) mass is 132 g/mol. The Morgan fingerprint density at radius 1 is 1.50 bits per heavy atom. The Balaban J connectivity index is 2.41. The Labute approximate surface area is 59.7 Å². The van der Waals surface area contributed by atoms with E-state index in [1.54, 1.807) is 6.20 Å². The van der Waals surface area contributed by atoms with Gasteiger partial charge in [0, 0.05) is 23.9 Å². The van der Waals surface area contributed by atoms with Gasteiger partial charge in [-0.05, 0) is 6.08 Å². The molecule has 0 aromatic rings. The van der Waals surface area contributed by atoms with Gasteiger partial charge in [0.05, 0.1) is 0 Å². The molecule has 2 aliphatic heterocycles. The Hall–Kier alpha value is -1.18. The van der Waals surface area contributed by atoms with Crippen LogP contribution in [0.2, 0.25) is 0 Å². The van der Waals surface area contributed by atoms with Crippen LogP contribution in [0, 0.1) is 5.92 Å². The van der Waals surface area contributed by atoms with E-state index in [0.29, 0.717) is 5.92 Å². The molecule has 0 fully saturated rings. The molecule has 2 heterocycles. The molecular formula is C8H8N2. The van der Waals surface area contributed by atoms with E-state index in [9.17, 15) is 0 Å². The average Bonchev–Trinajstić information content (AvgIpc) is 2.33. The summed E-state index contributed by atoms with van der Waals surface area (Å²) in [6, 6.07) is 0. The molecule has 2 heteroatoms. The zero-order valence-corrected chi connectivity index (χ0v) is 5.78. The van der Waals surface area contributed by atoms with Crippen molar-refractivity contribution in [3.8, 4) is 0 Å². The Morgan fingerprint density at radius 3 is 3.30 bits per heavy atom. The summed E-state index contributed by atoms with van der Waals surface area (Å²) in [6.07, 6.45) is 7.85. The molecular weight excluding hydrogens is 124 g/mol. The standard InChI is InChI=1S/C8H8N2/c1-6-4-7-2-3-9-8(7)10-5-6/h2-6H,1H3. The molecule has 2 nitrogen and oxygen atoms in total. The van der Waals surface area contributed by atoms with Gasteiger partial charge in [0.25, 0.3) is 0 Å². The largest absolute Gasteiger partial charge is 0.240 e. The quantitative estimate of drug-likeness (QED) is 0.478. The zero-order chi connectivity index (χ0) is 6.97. The topological polar surface area (TPSA) is 24.7 Å². The second-order valence-corrected chi connectivity index (χ2v) is 2.53. The van der Waals surface area contributed by atoms with Gasteiger partial charge in [-0.2, -0.15) is 0 Å². The lowest BCUT2D eigenvalue weighted by atomic mass is 10.1. The molecule has 0 aromatic carbocycles. The Bertz CT molecular complexity index is 269. The maximum atomic E-state index is 4.17. The Kier molecular flexibility index (Phi) is 1.07. The van der Waals surface area contributed by atoms with Crippen LogP contribution in [0.25, 0.3) is 0 Å². The van der Waals surface area contributed by atoms with Crippen molar-refractivity contribution in [2.75, 3.05) is 0 Å². The number of allylic oxidation sites excluding steroid dienone is 1. The summed E-state index contributed by atoms with van der Waals surface area (Å²) in [7, 11) is 0. The molecule has 0 saturated carbocycles. The van der Waals surface area contributed by atoms with Crippen LogP contribution in [0.1, 0.15) is 6.92 Å². The van der Waals surface area contributed by atoms with Crippen LogP contribution < -0.4 is 0 Å². The van der Waals surface area contributed by atoms with Crippen molar-refractivity contribution in [3.63, 3.8) is 0 Å². The van der Waals surface area contributed by atoms with Gasteiger partial charge in [0.2, 0.25) is 0 Å². The van der Waals surface area contributed by atoms with Crippen LogP contribution in [-0.2, 0) is 0 Å². The Morgan fingerprint density at radius 2 is 2.40 bits per heavy atom. The van der Waals surface area contributed by atoms with Crippen LogP contribution in [-0.4, -0.2) is 12.1 Å². The molecule has 50 valence electrons. The normalized spacial score (nSPS) is 27.9. The fourth-order valence-electron chi connectivity index (χ4n) is 1.09. The first-order valence-corrected chi connectivity index (χ1v) is 3.37. The molecule has 0 aromatic heterocycles. The highest BCUT2D eigenvalue weighted by Gasteiger charge is 2.11. The number of fused-ring (bicyclic) bond motifs is 1. The molecule has 0 saturated heterocycles. The molecule has 0 amide bonds. The fraction of sp³-hybridized carbons (Fsp3) is 0.250. The number of hydrogen-bond acceptors (Lipinski definition) is 2. The van der Waals surface area contributed by atoms with Gasteiger partial charge >= 0.3 is 0 Å². The van der Waals surface area contributed by atoms with E-state index in [-0.39, 0.29) is 0 Å². The summed E-state index contributed by atoms with van der Waals surface area (Å²) in [5.41, 5.74) is 1.16. The van der Waals surface area contributed by atoms with Crippen molar-refractivity contribution < 1.29 is 0 Å². The van der Waals surface area contributed by atoms with Crippen molar-refractivity contribution in [3.05, 3.63) is 23.9 Å². The van der Waals surface area contributed by atoms with E-state index in [2.05, 4.69) is 23.0 Å². The highest BCUT2D eigenvalue weighted by molar-refractivity contribution is 6.08. The molecule has 0 spiro atoms. The van der Waals surface area contributed by atoms with Gasteiger partial charge < -0.3 is 0 Å². The third kappa shape index (κ3) is 0.727. The molecule has 2 aliphatic rings. The minimum atomic E-state index is 0.455. The first-order valence-electron chi connectivity index (χ1n) is 3.37. The molecule has 0 radical (unpaired) electrons. The fourth-order valence-corrected chi connectivity index (χ4v) is 1.09. The summed E-state index contributed by atoms with van der Waals surface area (Å²) >= 11 is 0. The molecule has 0 aliphatic carbocycles. The van der Waals surface area contributed by atoms with E-state index in [4.69, 9.17) is 0 Å². The summed E-state index contributed by atoms with van der Waals surface area (Å²) in [4.78, 5) is 8.23. The van der Waals surface area contributed by atoms with Gasteiger partial charge in [-0.1, -0.05) is 13.0 Å². The van der Waals surface area contributed by atoms with Gasteiger partial charge in [-0.15, -0.1) is 0 Å². The van der Waals surface area contributed by atoms with Gasteiger partial charge in [0.1, 0.15) is 0 Å². The van der Waals surface area contributed by atoms with E-state index in [1.807, 2.05) is 12.3 Å². The van der Waals surface area contributed by atoms with Crippen molar-refractivity contribution in [2.24, 2.45) is 15.9 Å². The summed E-state index contributed by atoms with van der Waals surface area (Å²) in [5.74, 6) is 1.31. The number of dihydropyridines is 1. The first kappa shape index (κ1) is 5.59. The van der Waals surface area contributed by atoms with Gasteiger partial charge in [-0.3, -0.25) is 0 Å². The van der Waals surface area contributed by atoms with Crippen molar-refractivity contribution >= 4 is 12.1 Å². The minimum Gasteiger partial charge on any atom is -0.240 e. The van der Waals surface area contributed by atoms with E-state index >= 15 is 0 Å². The molecule has 1 unspecified atom stereocenters. The lowest BCUT2D eigenvalue weighted by molar-refractivity contribution is 1.01. The maximum Gasteiger partial charge on any atom is 0.158 e. The van der Waals surface area contributed by atoms with E-state index < -0.39 is 0 Å². The SMILES string of the molecule is CC1C=NC2=NC=CC2=C1. The summed E-state index contributed by atoms with van der Waals surface area (Å²) in [6.45, 7) is 2.11. The van der Waals surface area contributed by atoms with Gasteiger partial charge in [-0.25, -0.2) is 9.98 Å². The third-order valence-electron chi connectivity index (χ3n) is 1.58. The molecule has 1 atom stereocenters.